The maximum Gasteiger partial charge on any atom is 0.236 e. The highest BCUT2D eigenvalue weighted by atomic mass is 19.1. The summed E-state index contributed by atoms with van der Waals surface area (Å²) in [6, 6.07) is 6.31. The van der Waals surface area contributed by atoms with Gasteiger partial charge in [-0.15, -0.1) is 0 Å². The molecule has 0 radical (unpaired) electrons. The number of benzene rings is 1. The third kappa shape index (κ3) is 5.26. The molecule has 2 rings (SSSR count). The summed E-state index contributed by atoms with van der Waals surface area (Å²) in [5.41, 5.74) is 0.915. The standard InChI is InChI=1S/C19H28FN3O2/c1-14(2)17-12-22(13-19(25)21(3)4)10-9-18(24)23(17)11-15-5-7-16(20)8-6-15/h5-8,14,17H,9-13H2,1-4H3/t17-/m1/s1. The van der Waals surface area contributed by atoms with E-state index in [9.17, 15) is 14.0 Å². The van der Waals surface area contributed by atoms with Crippen LogP contribution in [0.15, 0.2) is 24.3 Å². The van der Waals surface area contributed by atoms with Crippen molar-refractivity contribution in [3.63, 3.8) is 0 Å². The molecule has 1 atom stereocenters. The van der Waals surface area contributed by atoms with Gasteiger partial charge >= 0.3 is 0 Å². The molecular formula is C19H28FN3O2. The summed E-state index contributed by atoms with van der Waals surface area (Å²) < 4.78 is 13.1. The number of amides is 2. The van der Waals surface area contributed by atoms with Crippen LogP contribution in [0.1, 0.15) is 25.8 Å². The fourth-order valence-electron chi connectivity index (χ4n) is 3.08. The number of hydrogen-bond acceptors (Lipinski definition) is 3. The van der Waals surface area contributed by atoms with Gasteiger partial charge in [-0.25, -0.2) is 4.39 Å². The van der Waals surface area contributed by atoms with E-state index in [0.29, 0.717) is 32.6 Å². The van der Waals surface area contributed by atoms with Crippen LogP contribution in [0.2, 0.25) is 0 Å². The lowest BCUT2D eigenvalue weighted by Crippen LogP contribution is -2.47. The molecule has 1 aliphatic rings. The van der Waals surface area contributed by atoms with E-state index in [4.69, 9.17) is 0 Å². The highest BCUT2D eigenvalue weighted by Crippen LogP contribution is 2.21. The molecule has 1 heterocycles. The first-order valence-corrected chi connectivity index (χ1v) is 8.74. The number of rotatable bonds is 5. The molecule has 138 valence electrons. The molecule has 0 spiro atoms. The zero-order valence-electron chi connectivity index (χ0n) is 15.5. The van der Waals surface area contributed by atoms with Crippen molar-refractivity contribution in [2.24, 2.45) is 5.92 Å². The van der Waals surface area contributed by atoms with Gasteiger partial charge in [-0.05, 0) is 23.6 Å². The Morgan fingerprint density at radius 3 is 2.48 bits per heavy atom. The topological polar surface area (TPSA) is 43.9 Å². The highest BCUT2D eigenvalue weighted by molar-refractivity contribution is 5.79. The fraction of sp³-hybridized carbons (Fsp3) is 0.579. The van der Waals surface area contributed by atoms with Crippen molar-refractivity contribution in [2.75, 3.05) is 33.7 Å². The molecule has 25 heavy (non-hydrogen) atoms. The molecule has 1 saturated heterocycles. The summed E-state index contributed by atoms with van der Waals surface area (Å²) in [5, 5.41) is 0. The maximum atomic E-state index is 13.1. The van der Waals surface area contributed by atoms with E-state index < -0.39 is 0 Å². The van der Waals surface area contributed by atoms with Crippen molar-refractivity contribution in [3.05, 3.63) is 35.6 Å². The zero-order valence-corrected chi connectivity index (χ0v) is 15.5. The van der Waals surface area contributed by atoms with E-state index in [-0.39, 0.29) is 29.6 Å². The minimum Gasteiger partial charge on any atom is -0.348 e. The second-order valence-electron chi connectivity index (χ2n) is 7.23. The van der Waals surface area contributed by atoms with Gasteiger partial charge in [0.15, 0.2) is 0 Å². The second kappa shape index (κ2) is 8.43. The third-order valence-corrected chi connectivity index (χ3v) is 4.70. The lowest BCUT2D eigenvalue weighted by atomic mass is 10.0. The van der Waals surface area contributed by atoms with Crippen LogP contribution in [0.3, 0.4) is 0 Å². The van der Waals surface area contributed by atoms with Crippen molar-refractivity contribution < 1.29 is 14.0 Å². The van der Waals surface area contributed by atoms with Crippen LogP contribution < -0.4 is 0 Å². The third-order valence-electron chi connectivity index (χ3n) is 4.70. The van der Waals surface area contributed by atoms with E-state index in [2.05, 4.69) is 18.7 Å². The lowest BCUT2D eigenvalue weighted by molar-refractivity contribution is -0.134. The predicted molar refractivity (Wildman–Crippen MR) is 95.3 cm³/mol. The van der Waals surface area contributed by atoms with Gasteiger partial charge in [-0.3, -0.25) is 14.5 Å². The van der Waals surface area contributed by atoms with Crippen LogP contribution in [-0.4, -0.2) is 66.3 Å². The summed E-state index contributed by atoms with van der Waals surface area (Å²) in [6.07, 6.45) is 0.394. The lowest BCUT2D eigenvalue weighted by Gasteiger charge is -2.35. The van der Waals surface area contributed by atoms with E-state index in [1.54, 1.807) is 31.1 Å². The Morgan fingerprint density at radius 1 is 1.28 bits per heavy atom. The van der Waals surface area contributed by atoms with Crippen molar-refractivity contribution in [1.82, 2.24) is 14.7 Å². The largest absolute Gasteiger partial charge is 0.348 e. The van der Waals surface area contributed by atoms with E-state index in [0.717, 1.165) is 5.56 Å². The maximum absolute atomic E-state index is 13.1. The Hall–Kier alpha value is -1.95. The molecule has 1 fully saturated rings. The first-order chi connectivity index (χ1) is 11.8. The van der Waals surface area contributed by atoms with Crippen LogP contribution >= 0.6 is 0 Å². The molecule has 5 nitrogen and oxygen atoms in total. The van der Waals surface area contributed by atoms with Gasteiger partial charge in [-0.1, -0.05) is 26.0 Å². The number of hydrogen-bond donors (Lipinski definition) is 0. The summed E-state index contributed by atoms with van der Waals surface area (Å²) in [7, 11) is 3.48. The van der Waals surface area contributed by atoms with Crippen molar-refractivity contribution >= 4 is 11.8 Å². The van der Waals surface area contributed by atoms with Crippen LogP contribution in [0.4, 0.5) is 4.39 Å². The molecule has 0 unspecified atom stereocenters. The molecule has 2 amide bonds. The Morgan fingerprint density at radius 2 is 1.92 bits per heavy atom. The number of halogens is 1. The molecule has 0 saturated carbocycles. The summed E-state index contributed by atoms with van der Waals surface area (Å²) in [5.74, 6) is 0.115. The first-order valence-electron chi connectivity index (χ1n) is 8.74. The van der Waals surface area contributed by atoms with Gasteiger partial charge in [0.25, 0.3) is 0 Å². The number of likely N-dealkylation sites (N-methyl/N-ethyl adjacent to an activating group) is 1. The van der Waals surface area contributed by atoms with E-state index >= 15 is 0 Å². The monoisotopic (exact) mass is 349 g/mol. The smallest absolute Gasteiger partial charge is 0.236 e. The van der Waals surface area contributed by atoms with Crippen LogP contribution in [0, 0.1) is 11.7 Å². The Bertz CT molecular complexity index is 601. The predicted octanol–water partition coefficient (Wildman–Crippen LogP) is 1.97. The van der Waals surface area contributed by atoms with Crippen LogP contribution in [0.25, 0.3) is 0 Å². The molecular weight excluding hydrogens is 321 g/mol. The van der Waals surface area contributed by atoms with Crippen molar-refractivity contribution in [3.8, 4) is 0 Å². The average Bonchev–Trinajstić information content (AvgIpc) is 2.70. The van der Waals surface area contributed by atoms with Gasteiger partial charge in [0.1, 0.15) is 5.82 Å². The fourth-order valence-corrected chi connectivity index (χ4v) is 3.08. The zero-order chi connectivity index (χ0) is 18.6. The first kappa shape index (κ1) is 19.4. The molecule has 0 aliphatic carbocycles. The van der Waals surface area contributed by atoms with Gasteiger partial charge in [0, 0.05) is 46.2 Å². The van der Waals surface area contributed by atoms with Crippen molar-refractivity contribution in [1.29, 1.82) is 0 Å². The highest BCUT2D eigenvalue weighted by Gasteiger charge is 2.32. The minimum atomic E-state index is -0.278. The van der Waals surface area contributed by atoms with Gasteiger partial charge < -0.3 is 9.80 Å². The van der Waals surface area contributed by atoms with Gasteiger partial charge in [0.05, 0.1) is 6.54 Å². The van der Waals surface area contributed by atoms with E-state index in [1.807, 2.05) is 4.90 Å². The summed E-state index contributed by atoms with van der Waals surface area (Å²) in [6.45, 7) is 6.23. The van der Waals surface area contributed by atoms with Gasteiger partial charge in [-0.2, -0.15) is 0 Å². The number of carbonyl (C=O) groups is 2. The normalized spacial score (nSPS) is 19.2. The molecule has 1 aliphatic heterocycles. The number of nitrogens with zero attached hydrogens (tertiary/aromatic N) is 3. The molecule has 1 aromatic carbocycles. The minimum absolute atomic E-state index is 0.0232. The molecule has 0 N–H and O–H groups in total. The second-order valence-corrected chi connectivity index (χ2v) is 7.23. The van der Waals surface area contributed by atoms with Crippen molar-refractivity contribution in [2.45, 2.75) is 32.9 Å². The summed E-state index contributed by atoms with van der Waals surface area (Å²) in [4.78, 5) is 30.3. The summed E-state index contributed by atoms with van der Waals surface area (Å²) >= 11 is 0. The SMILES string of the molecule is CC(C)[C@H]1CN(CC(=O)N(C)C)CCC(=O)N1Cc1ccc(F)cc1. The van der Waals surface area contributed by atoms with E-state index in [1.165, 1.54) is 12.1 Å². The Kier molecular flexibility index (Phi) is 6.53. The molecule has 1 aromatic rings. The average molecular weight is 349 g/mol. The Balaban J connectivity index is 2.15. The molecule has 0 aromatic heterocycles. The quantitative estimate of drug-likeness (QED) is 0.816. The number of carbonyl (C=O) groups excluding carboxylic acids is 2. The van der Waals surface area contributed by atoms with Crippen LogP contribution in [-0.2, 0) is 16.1 Å². The molecule has 0 bridgehead atoms. The van der Waals surface area contributed by atoms with Gasteiger partial charge in [0.2, 0.25) is 11.8 Å². The molecule has 6 heteroatoms. The Labute approximate surface area is 149 Å². The van der Waals surface area contributed by atoms with Crippen LogP contribution in [0.5, 0.6) is 0 Å².